The van der Waals surface area contributed by atoms with Gasteiger partial charge in [0.05, 0.1) is 0 Å². The van der Waals surface area contributed by atoms with Crippen LogP contribution >= 0.6 is 0 Å². The fraction of sp³-hybridized carbons (Fsp3) is 0.353. The number of aromatic nitrogens is 2. The first kappa shape index (κ1) is 15.9. The molecule has 0 aliphatic heterocycles. The van der Waals surface area contributed by atoms with Crippen molar-refractivity contribution in [3.05, 3.63) is 53.9 Å². The smallest absolute Gasteiger partial charge is 0.270 e. The van der Waals surface area contributed by atoms with Crippen LogP contribution < -0.4 is 10.6 Å². The predicted molar refractivity (Wildman–Crippen MR) is 87.9 cm³/mol. The zero-order chi connectivity index (χ0) is 16.0. The molecule has 0 bridgehead atoms. The van der Waals surface area contributed by atoms with Gasteiger partial charge in [0.25, 0.3) is 5.91 Å². The lowest BCUT2D eigenvalue weighted by Crippen LogP contribution is -2.29. The van der Waals surface area contributed by atoms with Crippen molar-refractivity contribution in [2.45, 2.75) is 32.7 Å². The van der Waals surface area contributed by atoms with Crippen LogP contribution in [0.1, 0.15) is 36.8 Å². The molecule has 0 aliphatic carbocycles. The topological polar surface area (TPSA) is 66.9 Å². The van der Waals surface area contributed by atoms with Gasteiger partial charge in [-0.05, 0) is 38.8 Å². The van der Waals surface area contributed by atoms with Crippen LogP contribution in [0.5, 0.6) is 0 Å². The molecular formula is C17H22N4O. The lowest BCUT2D eigenvalue weighted by Gasteiger charge is -2.20. The Morgan fingerprint density at radius 2 is 1.86 bits per heavy atom. The summed E-state index contributed by atoms with van der Waals surface area (Å²) in [6.07, 6.45) is 2.39. The lowest BCUT2D eigenvalue weighted by molar-refractivity contribution is 0.0949. The molecule has 2 N–H and O–H groups in total. The summed E-state index contributed by atoms with van der Waals surface area (Å²) >= 11 is 0. The Kier molecular flexibility index (Phi) is 5.09. The number of hydrogen-bond acceptors (Lipinski definition) is 4. The van der Waals surface area contributed by atoms with E-state index < -0.39 is 0 Å². The minimum absolute atomic E-state index is 0.150. The van der Waals surface area contributed by atoms with E-state index in [0.29, 0.717) is 18.2 Å². The standard InChI is InChI=1S/C17H22N4O/c1-17(2,3)21-16-19-12-10-14(20-16)15(22)18-11-9-13-7-5-4-6-8-13/h4-8,10,12H,9,11H2,1-3H3,(H,18,22)(H,19,20,21). The van der Waals surface area contributed by atoms with Gasteiger partial charge in [-0.3, -0.25) is 4.79 Å². The van der Waals surface area contributed by atoms with E-state index in [1.165, 1.54) is 5.56 Å². The van der Waals surface area contributed by atoms with E-state index in [1.54, 1.807) is 12.3 Å². The number of carbonyl (C=O) groups excluding carboxylic acids is 1. The Bertz CT molecular complexity index is 620. The van der Waals surface area contributed by atoms with Crippen LogP contribution in [-0.4, -0.2) is 28.0 Å². The van der Waals surface area contributed by atoms with Crippen LogP contribution in [-0.2, 0) is 6.42 Å². The van der Waals surface area contributed by atoms with Crippen molar-refractivity contribution >= 4 is 11.9 Å². The number of rotatable bonds is 5. The molecule has 0 saturated carbocycles. The third-order valence-electron chi connectivity index (χ3n) is 2.92. The van der Waals surface area contributed by atoms with Crippen molar-refractivity contribution < 1.29 is 4.79 Å². The molecule has 116 valence electrons. The van der Waals surface area contributed by atoms with Crippen LogP contribution in [0.2, 0.25) is 0 Å². The van der Waals surface area contributed by atoms with Gasteiger partial charge in [0.15, 0.2) is 0 Å². The zero-order valence-corrected chi connectivity index (χ0v) is 13.3. The number of nitrogens with one attached hydrogen (secondary N) is 2. The van der Waals surface area contributed by atoms with Crippen molar-refractivity contribution in [2.75, 3.05) is 11.9 Å². The Morgan fingerprint density at radius 1 is 1.14 bits per heavy atom. The number of amides is 1. The Labute approximate surface area is 131 Å². The van der Waals surface area contributed by atoms with Crippen molar-refractivity contribution in [2.24, 2.45) is 0 Å². The highest BCUT2D eigenvalue weighted by Gasteiger charge is 2.13. The van der Waals surface area contributed by atoms with Gasteiger partial charge in [-0.25, -0.2) is 9.97 Å². The van der Waals surface area contributed by atoms with Gasteiger partial charge in [-0.1, -0.05) is 30.3 Å². The third kappa shape index (κ3) is 5.16. The highest BCUT2D eigenvalue weighted by atomic mass is 16.1. The molecule has 22 heavy (non-hydrogen) atoms. The van der Waals surface area contributed by atoms with Crippen LogP contribution in [0, 0.1) is 0 Å². The normalized spacial score (nSPS) is 11.0. The minimum atomic E-state index is -0.185. The molecule has 5 nitrogen and oxygen atoms in total. The monoisotopic (exact) mass is 298 g/mol. The van der Waals surface area contributed by atoms with Gasteiger partial charge >= 0.3 is 0 Å². The summed E-state index contributed by atoms with van der Waals surface area (Å²) in [5.41, 5.74) is 1.41. The molecule has 0 unspecified atom stereocenters. The highest BCUT2D eigenvalue weighted by Crippen LogP contribution is 2.09. The molecule has 0 atom stereocenters. The van der Waals surface area contributed by atoms with Crippen molar-refractivity contribution in [1.82, 2.24) is 15.3 Å². The molecule has 0 radical (unpaired) electrons. The molecule has 1 heterocycles. The summed E-state index contributed by atoms with van der Waals surface area (Å²) in [7, 11) is 0. The van der Waals surface area contributed by atoms with Gasteiger partial charge in [0, 0.05) is 18.3 Å². The van der Waals surface area contributed by atoms with Gasteiger partial charge in [0.1, 0.15) is 5.69 Å². The molecule has 1 aromatic heterocycles. The van der Waals surface area contributed by atoms with Crippen LogP contribution in [0.15, 0.2) is 42.6 Å². The van der Waals surface area contributed by atoms with Crippen LogP contribution in [0.25, 0.3) is 0 Å². The van der Waals surface area contributed by atoms with Gasteiger partial charge in [0.2, 0.25) is 5.95 Å². The van der Waals surface area contributed by atoms with E-state index in [0.717, 1.165) is 6.42 Å². The molecule has 2 rings (SSSR count). The summed E-state index contributed by atoms with van der Waals surface area (Å²) in [6.45, 7) is 6.63. The van der Waals surface area contributed by atoms with Crippen molar-refractivity contribution in [1.29, 1.82) is 0 Å². The summed E-state index contributed by atoms with van der Waals surface area (Å²) in [5.74, 6) is 0.276. The van der Waals surface area contributed by atoms with E-state index in [4.69, 9.17) is 0 Å². The third-order valence-corrected chi connectivity index (χ3v) is 2.92. The quantitative estimate of drug-likeness (QED) is 0.890. The first-order valence-corrected chi connectivity index (χ1v) is 7.37. The first-order valence-electron chi connectivity index (χ1n) is 7.37. The summed E-state index contributed by atoms with van der Waals surface area (Å²) in [5, 5.41) is 6.04. The first-order chi connectivity index (χ1) is 10.4. The fourth-order valence-electron chi connectivity index (χ4n) is 1.94. The molecule has 0 fully saturated rings. The Hall–Kier alpha value is -2.43. The second-order valence-corrected chi connectivity index (χ2v) is 6.13. The molecule has 2 aromatic rings. The van der Waals surface area contributed by atoms with Crippen molar-refractivity contribution in [3.8, 4) is 0 Å². The molecule has 5 heteroatoms. The van der Waals surface area contributed by atoms with E-state index >= 15 is 0 Å². The molecule has 0 saturated heterocycles. The SMILES string of the molecule is CC(C)(C)Nc1nccc(C(=O)NCCc2ccccc2)n1. The molecular weight excluding hydrogens is 276 g/mol. The van der Waals surface area contributed by atoms with E-state index in [1.807, 2.05) is 51.1 Å². The second kappa shape index (κ2) is 7.02. The largest absolute Gasteiger partial charge is 0.350 e. The summed E-state index contributed by atoms with van der Waals surface area (Å²) in [6, 6.07) is 11.7. The maximum Gasteiger partial charge on any atom is 0.270 e. The minimum Gasteiger partial charge on any atom is -0.350 e. The maximum atomic E-state index is 12.1. The fourth-order valence-corrected chi connectivity index (χ4v) is 1.94. The molecule has 0 spiro atoms. The van der Waals surface area contributed by atoms with E-state index in [9.17, 15) is 4.79 Å². The average molecular weight is 298 g/mol. The van der Waals surface area contributed by atoms with Gasteiger partial charge in [-0.15, -0.1) is 0 Å². The lowest BCUT2D eigenvalue weighted by atomic mass is 10.1. The Morgan fingerprint density at radius 3 is 2.55 bits per heavy atom. The average Bonchev–Trinajstić information content (AvgIpc) is 2.47. The molecule has 1 aromatic carbocycles. The second-order valence-electron chi connectivity index (χ2n) is 6.13. The molecule has 1 amide bonds. The van der Waals surface area contributed by atoms with Crippen LogP contribution in [0.4, 0.5) is 5.95 Å². The van der Waals surface area contributed by atoms with E-state index in [-0.39, 0.29) is 11.4 Å². The van der Waals surface area contributed by atoms with Gasteiger partial charge < -0.3 is 10.6 Å². The molecule has 0 aliphatic rings. The number of benzene rings is 1. The number of carbonyl (C=O) groups is 1. The summed E-state index contributed by atoms with van der Waals surface area (Å²) < 4.78 is 0. The van der Waals surface area contributed by atoms with Crippen molar-refractivity contribution in [3.63, 3.8) is 0 Å². The predicted octanol–water partition coefficient (Wildman–Crippen LogP) is 2.66. The summed E-state index contributed by atoms with van der Waals surface area (Å²) in [4.78, 5) is 20.5. The van der Waals surface area contributed by atoms with E-state index in [2.05, 4.69) is 20.6 Å². The maximum absolute atomic E-state index is 12.1. The highest BCUT2D eigenvalue weighted by molar-refractivity contribution is 5.92. The zero-order valence-electron chi connectivity index (χ0n) is 13.3. The number of nitrogens with zero attached hydrogens (tertiary/aromatic N) is 2. The van der Waals surface area contributed by atoms with Crippen LogP contribution in [0.3, 0.4) is 0 Å². The number of anilines is 1. The Balaban J connectivity index is 1.91. The number of hydrogen-bond donors (Lipinski definition) is 2. The van der Waals surface area contributed by atoms with Gasteiger partial charge in [-0.2, -0.15) is 0 Å².